The van der Waals surface area contributed by atoms with Crippen LogP contribution in [0, 0.1) is 0 Å². The Morgan fingerprint density at radius 2 is 1.81 bits per heavy atom. The van der Waals surface area contributed by atoms with Crippen LogP contribution in [0.4, 0.5) is 0 Å². The minimum absolute atomic E-state index is 0.00207. The van der Waals surface area contributed by atoms with Crippen molar-refractivity contribution in [2.75, 3.05) is 0 Å². The summed E-state index contributed by atoms with van der Waals surface area (Å²) < 4.78 is 25.3. The highest BCUT2D eigenvalue weighted by atomic mass is 35.5. The molecule has 5 rings (SSSR count). The SMILES string of the molecule is O=C1CC[C@H](CC(c2ccc(S(=O)(=O)C3CC3)c(Cl)c2)c2ccc(C3CC3)c(=O)[nH]2)N1. The quantitative estimate of drug-likeness (QED) is 0.659. The fraction of sp³-hybridized carbons (Fsp3) is 0.478. The predicted octanol–water partition coefficient (Wildman–Crippen LogP) is 3.64. The Morgan fingerprint density at radius 1 is 1.03 bits per heavy atom. The smallest absolute Gasteiger partial charge is 0.251 e. The fourth-order valence-electron chi connectivity index (χ4n) is 4.52. The number of carbonyl (C=O) groups is 1. The Kier molecular flexibility index (Phi) is 5.21. The van der Waals surface area contributed by atoms with E-state index in [2.05, 4.69) is 10.3 Å². The Hall–Kier alpha value is -2.12. The number of nitrogens with one attached hydrogen (secondary N) is 2. The van der Waals surface area contributed by atoms with Gasteiger partial charge < -0.3 is 10.3 Å². The van der Waals surface area contributed by atoms with Crippen LogP contribution >= 0.6 is 11.6 Å². The lowest BCUT2D eigenvalue weighted by Gasteiger charge is -2.22. The summed E-state index contributed by atoms with van der Waals surface area (Å²) in [5, 5.41) is 2.87. The first-order chi connectivity index (χ1) is 14.8. The fourth-order valence-corrected chi connectivity index (χ4v) is 6.74. The van der Waals surface area contributed by atoms with Gasteiger partial charge in [0, 0.05) is 29.6 Å². The van der Waals surface area contributed by atoms with Crippen molar-refractivity contribution in [1.29, 1.82) is 0 Å². The van der Waals surface area contributed by atoms with Crippen molar-refractivity contribution in [3.05, 3.63) is 62.5 Å². The summed E-state index contributed by atoms with van der Waals surface area (Å²) in [6.07, 6.45) is 5.29. The van der Waals surface area contributed by atoms with Crippen LogP contribution in [-0.4, -0.2) is 30.6 Å². The standard InChI is InChI=1S/C23H25ClN2O4S/c24-19-11-14(3-9-21(19)31(29,30)16-5-6-16)18(12-15-4-10-22(27)25-15)20-8-7-17(13-1-2-13)23(28)26-20/h3,7-9,11,13,15-16,18H,1-2,4-6,10,12H2,(H,25,27)(H,26,28)/t15-,18?/m1/s1. The number of halogens is 1. The molecule has 2 saturated carbocycles. The molecule has 1 unspecified atom stereocenters. The molecule has 0 spiro atoms. The first-order valence-electron chi connectivity index (χ1n) is 10.9. The van der Waals surface area contributed by atoms with Crippen molar-refractivity contribution in [1.82, 2.24) is 10.3 Å². The van der Waals surface area contributed by atoms with E-state index in [4.69, 9.17) is 11.6 Å². The summed E-state index contributed by atoms with van der Waals surface area (Å²) in [5.74, 6) is 0.177. The zero-order chi connectivity index (χ0) is 21.8. The van der Waals surface area contributed by atoms with E-state index < -0.39 is 9.84 Å². The molecule has 0 bridgehead atoms. The summed E-state index contributed by atoms with van der Waals surface area (Å²) in [6.45, 7) is 0. The molecular formula is C23H25ClN2O4S. The summed E-state index contributed by atoms with van der Waals surface area (Å²) in [7, 11) is -3.39. The monoisotopic (exact) mass is 460 g/mol. The molecule has 1 saturated heterocycles. The third-order valence-electron chi connectivity index (χ3n) is 6.59. The average molecular weight is 461 g/mol. The van der Waals surface area contributed by atoms with Gasteiger partial charge >= 0.3 is 0 Å². The van der Waals surface area contributed by atoms with Crippen molar-refractivity contribution in [2.24, 2.45) is 0 Å². The molecule has 2 atom stereocenters. The first-order valence-corrected chi connectivity index (χ1v) is 12.8. The van der Waals surface area contributed by atoms with Crippen molar-refractivity contribution < 1.29 is 13.2 Å². The number of benzene rings is 1. The van der Waals surface area contributed by atoms with E-state index in [1.54, 1.807) is 18.2 Å². The number of aromatic nitrogens is 1. The molecule has 1 aromatic heterocycles. The molecule has 3 aliphatic rings. The summed E-state index contributed by atoms with van der Waals surface area (Å²) in [4.78, 5) is 27.6. The lowest BCUT2D eigenvalue weighted by Crippen LogP contribution is -2.28. The van der Waals surface area contributed by atoms with Crippen molar-refractivity contribution in [3.8, 4) is 0 Å². The second-order valence-corrected chi connectivity index (χ2v) is 11.6. The second-order valence-electron chi connectivity index (χ2n) is 9.00. The van der Waals surface area contributed by atoms with Gasteiger partial charge in [0.1, 0.15) is 0 Å². The minimum atomic E-state index is -3.39. The number of hydrogen-bond donors (Lipinski definition) is 2. The number of amides is 1. The predicted molar refractivity (Wildman–Crippen MR) is 118 cm³/mol. The lowest BCUT2D eigenvalue weighted by molar-refractivity contribution is -0.119. The highest BCUT2D eigenvalue weighted by Crippen LogP contribution is 2.40. The van der Waals surface area contributed by atoms with Gasteiger partial charge in [-0.1, -0.05) is 23.7 Å². The van der Waals surface area contributed by atoms with Crippen LogP contribution in [0.5, 0.6) is 0 Å². The van der Waals surface area contributed by atoms with E-state index >= 15 is 0 Å². The van der Waals surface area contributed by atoms with Crippen LogP contribution in [0.25, 0.3) is 0 Å². The molecule has 2 heterocycles. The highest BCUT2D eigenvalue weighted by molar-refractivity contribution is 7.92. The van der Waals surface area contributed by atoms with Gasteiger partial charge in [0.05, 0.1) is 15.2 Å². The lowest BCUT2D eigenvalue weighted by atomic mass is 9.88. The second kappa shape index (κ2) is 7.78. The van der Waals surface area contributed by atoms with E-state index in [0.717, 1.165) is 36.1 Å². The number of sulfone groups is 1. The van der Waals surface area contributed by atoms with Crippen LogP contribution in [-0.2, 0) is 14.6 Å². The van der Waals surface area contributed by atoms with Gasteiger partial charge in [0.2, 0.25) is 5.91 Å². The third kappa shape index (κ3) is 4.17. The van der Waals surface area contributed by atoms with Gasteiger partial charge in [-0.05, 0) is 68.2 Å². The van der Waals surface area contributed by atoms with E-state index in [0.29, 0.717) is 31.6 Å². The highest BCUT2D eigenvalue weighted by Gasteiger charge is 2.38. The molecule has 3 fully saturated rings. The van der Waals surface area contributed by atoms with Crippen LogP contribution in [0.1, 0.15) is 73.6 Å². The van der Waals surface area contributed by atoms with Crippen LogP contribution in [0.15, 0.2) is 40.0 Å². The number of rotatable bonds is 7. The summed E-state index contributed by atoms with van der Waals surface area (Å²) >= 11 is 6.44. The van der Waals surface area contributed by atoms with Gasteiger partial charge in [0.25, 0.3) is 5.56 Å². The zero-order valence-corrected chi connectivity index (χ0v) is 18.6. The molecule has 2 N–H and O–H groups in total. The number of H-pyrrole nitrogens is 1. The number of carbonyl (C=O) groups excluding carboxylic acids is 1. The molecule has 1 aliphatic heterocycles. The van der Waals surface area contributed by atoms with Crippen molar-refractivity contribution in [2.45, 2.75) is 73.0 Å². The Morgan fingerprint density at radius 3 is 2.39 bits per heavy atom. The normalized spacial score (nSPS) is 22.4. The number of pyridine rings is 1. The topological polar surface area (TPSA) is 96.1 Å². The summed E-state index contributed by atoms with van der Waals surface area (Å²) in [5.41, 5.74) is 2.33. The number of hydrogen-bond acceptors (Lipinski definition) is 4. The van der Waals surface area contributed by atoms with Gasteiger partial charge in [-0.25, -0.2) is 8.42 Å². The molecule has 1 aromatic carbocycles. The summed E-state index contributed by atoms with van der Waals surface area (Å²) in [6, 6.07) is 8.92. The largest absolute Gasteiger partial charge is 0.353 e. The maximum Gasteiger partial charge on any atom is 0.251 e. The van der Waals surface area contributed by atoms with Gasteiger partial charge in [-0.2, -0.15) is 0 Å². The molecule has 2 aromatic rings. The Labute approximate surface area is 186 Å². The Bertz CT molecular complexity index is 1200. The average Bonchev–Trinajstić information content (AvgIpc) is 3.64. The van der Waals surface area contributed by atoms with Crippen molar-refractivity contribution >= 4 is 27.3 Å². The third-order valence-corrected chi connectivity index (χ3v) is 9.33. The minimum Gasteiger partial charge on any atom is -0.353 e. The van der Waals surface area contributed by atoms with Crippen molar-refractivity contribution in [3.63, 3.8) is 0 Å². The number of aromatic amines is 1. The van der Waals surface area contributed by atoms with Crippen LogP contribution < -0.4 is 10.9 Å². The molecule has 1 amide bonds. The molecule has 31 heavy (non-hydrogen) atoms. The van der Waals surface area contributed by atoms with Gasteiger partial charge in [0.15, 0.2) is 9.84 Å². The zero-order valence-electron chi connectivity index (χ0n) is 17.1. The van der Waals surface area contributed by atoms with Gasteiger partial charge in [-0.15, -0.1) is 0 Å². The molecule has 2 aliphatic carbocycles. The van der Waals surface area contributed by atoms with Crippen LogP contribution in [0.3, 0.4) is 0 Å². The van der Waals surface area contributed by atoms with E-state index in [1.165, 1.54) is 0 Å². The maximum atomic E-state index is 12.7. The molecule has 0 radical (unpaired) electrons. The van der Waals surface area contributed by atoms with Gasteiger partial charge in [-0.3, -0.25) is 9.59 Å². The van der Waals surface area contributed by atoms with E-state index in [1.807, 2.05) is 12.1 Å². The molecule has 8 heteroatoms. The van der Waals surface area contributed by atoms with E-state index in [9.17, 15) is 18.0 Å². The first kappa shape index (κ1) is 20.8. The van der Waals surface area contributed by atoms with Crippen LogP contribution in [0.2, 0.25) is 5.02 Å². The molecular weight excluding hydrogens is 436 g/mol. The molecule has 164 valence electrons. The van der Waals surface area contributed by atoms with E-state index in [-0.39, 0.29) is 38.6 Å². The maximum absolute atomic E-state index is 12.7. The molecule has 6 nitrogen and oxygen atoms in total. The Balaban J connectivity index is 1.51.